The summed E-state index contributed by atoms with van der Waals surface area (Å²) in [7, 11) is -4.11. The van der Waals surface area contributed by atoms with Gasteiger partial charge in [0.25, 0.3) is 5.91 Å². The molecule has 2 N–H and O–H groups in total. The SMILES string of the molecule is CC(=O)NCCOC(=O)c1ccc(S(=O)(=O)N2CC[C@@H](NC(=O)C(C)(C)Oc3ccc(F)c(F)c3)[C@H](F)C2)cc1. The van der Waals surface area contributed by atoms with E-state index in [0.29, 0.717) is 0 Å². The number of rotatable bonds is 10. The van der Waals surface area contributed by atoms with Crippen LogP contribution < -0.4 is 15.4 Å². The molecule has 10 nitrogen and oxygen atoms in total. The number of piperidine rings is 1. The molecule has 3 rings (SSSR count). The van der Waals surface area contributed by atoms with E-state index < -0.39 is 57.9 Å². The van der Waals surface area contributed by atoms with Gasteiger partial charge in [-0.3, -0.25) is 9.59 Å². The highest BCUT2D eigenvalue weighted by atomic mass is 32.2. The van der Waals surface area contributed by atoms with E-state index in [1.165, 1.54) is 45.0 Å². The van der Waals surface area contributed by atoms with Crippen molar-refractivity contribution >= 4 is 27.8 Å². The Labute approximate surface area is 229 Å². The van der Waals surface area contributed by atoms with Gasteiger partial charge in [-0.2, -0.15) is 4.31 Å². The Balaban J connectivity index is 1.57. The van der Waals surface area contributed by atoms with E-state index in [1.54, 1.807) is 0 Å². The van der Waals surface area contributed by atoms with Gasteiger partial charge < -0.3 is 20.1 Å². The maximum Gasteiger partial charge on any atom is 0.338 e. The quantitative estimate of drug-likeness (QED) is 0.323. The van der Waals surface area contributed by atoms with Crippen molar-refractivity contribution in [2.45, 2.75) is 49.9 Å². The number of halogens is 3. The van der Waals surface area contributed by atoms with Crippen molar-refractivity contribution in [2.75, 3.05) is 26.2 Å². The molecule has 1 aliphatic rings. The lowest BCUT2D eigenvalue weighted by atomic mass is 10.0. The molecule has 1 heterocycles. The summed E-state index contributed by atoms with van der Waals surface area (Å²) in [5.74, 6) is -4.03. The van der Waals surface area contributed by atoms with Crippen LogP contribution >= 0.6 is 0 Å². The van der Waals surface area contributed by atoms with E-state index in [-0.39, 0.29) is 48.2 Å². The smallest absolute Gasteiger partial charge is 0.338 e. The molecule has 2 aromatic carbocycles. The van der Waals surface area contributed by atoms with Crippen LogP contribution in [0.4, 0.5) is 13.2 Å². The summed E-state index contributed by atoms with van der Waals surface area (Å²) >= 11 is 0. The molecule has 14 heteroatoms. The van der Waals surface area contributed by atoms with E-state index in [0.717, 1.165) is 22.5 Å². The number of esters is 1. The van der Waals surface area contributed by atoms with Crippen LogP contribution in [0.15, 0.2) is 47.4 Å². The Bertz CT molecular complexity index is 1350. The minimum atomic E-state index is -4.11. The van der Waals surface area contributed by atoms with Gasteiger partial charge in [0.05, 0.1) is 23.0 Å². The molecule has 218 valence electrons. The van der Waals surface area contributed by atoms with Gasteiger partial charge in [-0.1, -0.05) is 0 Å². The summed E-state index contributed by atoms with van der Waals surface area (Å²) in [6.07, 6.45) is -1.78. The second-order valence-electron chi connectivity index (χ2n) is 9.58. The van der Waals surface area contributed by atoms with Crippen LogP contribution in [0.5, 0.6) is 5.75 Å². The summed E-state index contributed by atoms with van der Waals surface area (Å²) in [6, 6.07) is 6.72. The van der Waals surface area contributed by atoms with Crippen molar-refractivity contribution in [1.82, 2.24) is 14.9 Å². The standard InChI is InChI=1S/C26H30F3N3O7S/c1-16(33)30-11-13-38-24(34)17-4-7-19(8-5-17)40(36,37)32-12-10-23(22(29)15-32)31-25(35)26(2,3)39-18-6-9-20(27)21(28)14-18/h4-9,14,22-23H,10-13,15H2,1-3H3,(H,30,33)(H,31,35)/t22-,23-/m1/s1. The fourth-order valence-electron chi connectivity index (χ4n) is 3.85. The van der Waals surface area contributed by atoms with Gasteiger partial charge in [-0.25, -0.2) is 26.4 Å². The van der Waals surface area contributed by atoms with Gasteiger partial charge in [0.2, 0.25) is 15.9 Å². The number of alkyl halides is 1. The highest BCUT2D eigenvalue weighted by Gasteiger charge is 2.39. The minimum absolute atomic E-state index is 0.0356. The molecule has 1 aliphatic heterocycles. The lowest BCUT2D eigenvalue weighted by Gasteiger charge is -2.36. The molecule has 0 aliphatic carbocycles. The minimum Gasteiger partial charge on any atom is -0.478 e. The number of hydrogen-bond acceptors (Lipinski definition) is 7. The van der Waals surface area contributed by atoms with Crippen molar-refractivity contribution < 1.29 is 45.4 Å². The largest absolute Gasteiger partial charge is 0.478 e. The zero-order chi connectivity index (χ0) is 29.7. The Morgan fingerprint density at radius 2 is 1.75 bits per heavy atom. The predicted octanol–water partition coefficient (Wildman–Crippen LogP) is 2.33. The van der Waals surface area contributed by atoms with Crippen LogP contribution in [-0.2, 0) is 24.3 Å². The molecule has 1 saturated heterocycles. The average molecular weight is 586 g/mol. The average Bonchev–Trinajstić information content (AvgIpc) is 2.89. The molecule has 2 amide bonds. The first kappa shape index (κ1) is 30.9. The van der Waals surface area contributed by atoms with Crippen LogP contribution in [-0.4, -0.2) is 74.6 Å². The molecule has 0 unspecified atom stereocenters. The van der Waals surface area contributed by atoms with Crippen LogP contribution in [0.2, 0.25) is 0 Å². The lowest BCUT2D eigenvalue weighted by molar-refractivity contribution is -0.135. The lowest BCUT2D eigenvalue weighted by Crippen LogP contribution is -2.57. The van der Waals surface area contributed by atoms with Crippen molar-refractivity contribution in [3.63, 3.8) is 0 Å². The Morgan fingerprint density at radius 3 is 2.35 bits per heavy atom. The number of benzene rings is 2. The van der Waals surface area contributed by atoms with Crippen molar-refractivity contribution in [1.29, 1.82) is 0 Å². The number of amides is 2. The molecule has 0 spiro atoms. The zero-order valence-corrected chi connectivity index (χ0v) is 22.9. The highest BCUT2D eigenvalue weighted by molar-refractivity contribution is 7.89. The summed E-state index contributed by atoms with van der Waals surface area (Å²) < 4.78 is 79.3. The van der Waals surface area contributed by atoms with Crippen LogP contribution in [0.25, 0.3) is 0 Å². The van der Waals surface area contributed by atoms with Crippen molar-refractivity contribution in [2.24, 2.45) is 0 Å². The first-order valence-electron chi connectivity index (χ1n) is 12.3. The van der Waals surface area contributed by atoms with Crippen molar-refractivity contribution in [3.8, 4) is 5.75 Å². The van der Waals surface area contributed by atoms with Gasteiger partial charge in [-0.15, -0.1) is 0 Å². The molecular formula is C26H30F3N3O7S. The van der Waals surface area contributed by atoms with Gasteiger partial charge >= 0.3 is 5.97 Å². The molecular weight excluding hydrogens is 555 g/mol. The third-order valence-corrected chi connectivity index (χ3v) is 7.95. The molecule has 0 radical (unpaired) electrons. The molecule has 40 heavy (non-hydrogen) atoms. The molecule has 2 aromatic rings. The topological polar surface area (TPSA) is 131 Å². The first-order chi connectivity index (χ1) is 18.7. The maximum atomic E-state index is 15.0. The van der Waals surface area contributed by atoms with E-state index >= 15 is 4.39 Å². The number of hydrogen-bond donors (Lipinski definition) is 2. The fourth-order valence-corrected chi connectivity index (χ4v) is 5.31. The normalized spacial score (nSPS) is 18.1. The van der Waals surface area contributed by atoms with E-state index in [9.17, 15) is 31.6 Å². The molecule has 2 atom stereocenters. The number of carbonyl (C=O) groups is 3. The van der Waals surface area contributed by atoms with Crippen LogP contribution in [0.3, 0.4) is 0 Å². The van der Waals surface area contributed by atoms with Gasteiger partial charge in [0.1, 0.15) is 18.5 Å². The number of nitrogens with one attached hydrogen (secondary N) is 2. The van der Waals surface area contributed by atoms with Crippen LogP contribution in [0, 0.1) is 11.6 Å². The summed E-state index contributed by atoms with van der Waals surface area (Å²) in [5, 5.41) is 4.98. The third-order valence-electron chi connectivity index (χ3n) is 6.07. The summed E-state index contributed by atoms with van der Waals surface area (Å²) in [6.45, 7) is 3.53. The molecule has 0 aromatic heterocycles. The Kier molecular flexibility index (Phi) is 9.79. The van der Waals surface area contributed by atoms with Gasteiger partial charge in [0, 0.05) is 26.1 Å². The third kappa shape index (κ3) is 7.72. The first-order valence-corrected chi connectivity index (χ1v) is 13.8. The fraction of sp³-hybridized carbons (Fsp3) is 0.423. The Hall–Kier alpha value is -3.65. The number of sulfonamides is 1. The predicted molar refractivity (Wildman–Crippen MR) is 137 cm³/mol. The number of ether oxygens (including phenoxy) is 2. The Morgan fingerprint density at radius 1 is 1.07 bits per heavy atom. The maximum absolute atomic E-state index is 15.0. The number of nitrogens with zero attached hydrogens (tertiary/aromatic N) is 1. The van der Waals surface area contributed by atoms with E-state index in [4.69, 9.17) is 9.47 Å². The van der Waals surface area contributed by atoms with E-state index in [2.05, 4.69) is 10.6 Å². The zero-order valence-electron chi connectivity index (χ0n) is 22.1. The number of carbonyl (C=O) groups excluding carboxylic acids is 3. The second kappa shape index (κ2) is 12.7. The highest BCUT2D eigenvalue weighted by Crippen LogP contribution is 2.25. The second-order valence-corrected chi connectivity index (χ2v) is 11.5. The summed E-state index contributed by atoms with van der Waals surface area (Å²) in [5.41, 5.74) is -1.47. The molecule has 0 saturated carbocycles. The van der Waals surface area contributed by atoms with Gasteiger partial charge in [-0.05, 0) is 56.7 Å². The van der Waals surface area contributed by atoms with Gasteiger partial charge in [0.15, 0.2) is 17.2 Å². The molecule has 1 fully saturated rings. The molecule has 0 bridgehead atoms. The van der Waals surface area contributed by atoms with Crippen molar-refractivity contribution in [3.05, 3.63) is 59.7 Å². The van der Waals surface area contributed by atoms with Crippen LogP contribution in [0.1, 0.15) is 37.6 Å². The summed E-state index contributed by atoms with van der Waals surface area (Å²) in [4.78, 5) is 35.6. The van der Waals surface area contributed by atoms with E-state index in [1.807, 2.05) is 0 Å². The monoisotopic (exact) mass is 585 g/mol.